The molecule has 1 aliphatic rings. The van der Waals surface area contributed by atoms with Gasteiger partial charge in [-0.05, 0) is 66.2 Å². The van der Waals surface area contributed by atoms with E-state index < -0.39 is 6.17 Å². The van der Waals surface area contributed by atoms with Gasteiger partial charge in [0.2, 0.25) is 0 Å². The predicted octanol–water partition coefficient (Wildman–Crippen LogP) is 6.16. The number of benzene rings is 3. The van der Waals surface area contributed by atoms with E-state index in [1.54, 1.807) is 37.1 Å². The molecule has 0 bridgehead atoms. The Morgan fingerprint density at radius 2 is 1.74 bits per heavy atom. The van der Waals surface area contributed by atoms with Crippen LogP contribution in [0.25, 0.3) is 0 Å². The molecule has 0 saturated heterocycles. The number of hydrogen-bond acceptors (Lipinski definition) is 6. The maximum absolute atomic E-state index is 13.7. The Morgan fingerprint density at radius 3 is 2.49 bits per heavy atom. The van der Waals surface area contributed by atoms with Crippen molar-refractivity contribution in [2.24, 2.45) is 0 Å². The van der Waals surface area contributed by atoms with Crippen LogP contribution in [-0.4, -0.2) is 25.1 Å². The van der Waals surface area contributed by atoms with Crippen molar-refractivity contribution in [2.45, 2.75) is 16.9 Å². The smallest absolute Gasteiger partial charge is 0.262 e. The predicted molar refractivity (Wildman–Crippen MR) is 139 cm³/mol. The lowest BCUT2D eigenvalue weighted by Gasteiger charge is -2.38. The van der Waals surface area contributed by atoms with Crippen molar-refractivity contribution in [3.63, 3.8) is 0 Å². The van der Waals surface area contributed by atoms with E-state index in [0.717, 1.165) is 39.0 Å². The van der Waals surface area contributed by atoms with E-state index in [1.807, 2.05) is 78.9 Å². The molecule has 176 valence electrons. The average molecular weight is 484 g/mol. The van der Waals surface area contributed by atoms with Gasteiger partial charge in [-0.25, -0.2) is 4.98 Å². The standard InChI is InChI=1S/C28H25N3O3S/c1-33-22-13-11-21(12-14-22)31-27(30-24-8-4-3-7-23(24)28(31)32)19-10-15-25(34-2)20(17-19)18-35-26-9-5-6-16-29-26/h3-17,27,30H,18H2,1-2H3/t27-/m1/s1. The molecule has 1 aromatic heterocycles. The SMILES string of the molecule is COc1ccc(N2C(=O)c3ccccc3N[C@H]2c2ccc(OC)c(CSc3ccccn3)c2)cc1. The Morgan fingerprint density at radius 1 is 0.943 bits per heavy atom. The molecule has 0 spiro atoms. The molecule has 1 amide bonds. The summed E-state index contributed by atoms with van der Waals surface area (Å²) in [7, 11) is 3.30. The molecule has 1 N–H and O–H groups in total. The molecule has 1 atom stereocenters. The van der Waals surface area contributed by atoms with Gasteiger partial charge in [-0.3, -0.25) is 9.69 Å². The van der Waals surface area contributed by atoms with Crippen LogP contribution in [0.4, 0.5) is 11.4 Å². The van der Waals surface area contributed by atoms with Gasteiger partial charge in [0.15, 0.2) is 0 Å². The van der Waals surface area contributed by atoms with E-state index in [1.165, 1.54) is 0 Å². The third kappa shape index (κ3) is 4.68. The van der Waals surface area contributed by atoms with Crippen LogP contribution in [0.15, 0.2) is 96.2 Å². The van der Waals surface area contributed by atoms with E-state index in [2.05, 4.69) is 16.4 Å². The molecule has 1 aliphatic heterocycles. The highest BCUT2D eigenvalue weighted by Crippen LogP contribution is 2.39. The third-order valence-electron chi connectivity index (χ3n) is 5.91. The molecule has 2 heterocycles. The van der Waals surface area contributed by atoms with Crippen LogP contribution in [-0.2, 0) is 5.75 Å². The number of hydrogen-bond donors (Lipinski definition) is 1. The minimum Gasteiger partial charge on any atom is -0.497 e. The van der Waals surface area contributed by atoms with E-state index in [9.17, 15) is 4.79 Å². The summed E-state index contributed by atoms with van der Waals surface area (Å²) in [5.41, 5.74) is 4.22. The minimum atomic E-state index is -0.393. The van der Waals surface area contributed by atoms with E-state index in [0.29, 0.717) is 11.3 Å². The lowest BCUT2D eigenvalue weighted by molar-refractivity contribution is 0.0975. The highest BCUT2D eigenvalue weighted by Gasteiger charge is 2.34. The second-order valence-electron chi connectivity index (χ2n) is 7.99. The first kappa shape index (κ1) is 22.8. The number of anilines is 2. The lowest BCUT2D eigenvalue weighted by atomic mass is 10.0. The van der Waals surface area contributed by atoms with Gasteiger partial charge in [0.1, 0.15) is 17.7 Å². The zero-order valence-electron chi connectivity index (χ0n) is 19.5. The lowest BCUT2D eigenvalue weighted by Crippen LogP contribution is -2.43. The second kappa shape index (κ2) is 10.1. The number of nitrogens with one attached hydrogen (secondary N) is 1. The number of ether oxygens (including phenoxy) is 2. The number of para-hydroxylation sites is 1. The fourth-order valence-corrected chi connectivity index (χ4v) is 5.00. The number of rotatable bonds is 7. The number of aromatic nitrogens is 1. The van der Waals surface area contributed by atoms with E-state index in [4.69, 9.17) is 9.47 Å². The summed E-state index contributed by atoms with van der Waals surface area (Å²) in [5, 5.41) is 4.52. The highest BCUT2D eigenvalue weighted by atomic mass is 32.2. The molecule has 5 rings (SSSR count). The molecule has 7 heteroatoms. The first-order valence-corrected chi connectivity index (χ1v) is 12.2. The van der Waals surface area contributed by atoms with Gasteiger partial charge in [-0.15, -0.1) is 11.8 Å². The largest absolute Gasteiger partial charge is 0.497 e. The third-order valence-corrected chi connectivity index (χ3v) is 6.90. The molecule has 6 nitrogen and oxygen atoms in total. The summed E-state index contributed by atoms with van der Waals surface area (Å²) < 4.78 is 11.0. The topological polar surface area (TPSA) is 63.7 Å². The maximum atomic E-state index is 13.7. The Balaban J connectivity index is 1.54. The summed E-state index contributed by atoms with van der Waals surface area (Å²) in [6, 6.07) is 27.1. The number of carbonyl (C=O) groups is 1. The molecule has 0 aliphatic carbocycles. The van der Waals surface area contributed by atoms with Crippen molar-refractivity contribution in [3.8, 4) is 11.5 Å². The number of methoxy groups -OCH3 is 2. The minimum absolute atomic E-state index is 0.0604. The Bertz CT molecular complexity index is 1330. The van der Waals surface area contributed by atoms with E-state index in [-0.39, 0.29) is 5.91 Å². The normalized spacial score (nSPS) is 14.7. The zero-order valence-corrected chi connectivity index (χ0v) is 20.3. The fraction of sp³-hybridized carbons (Fsp3) is 0.143. The van der Waals surface area contributed by atoms with Gasteiger partial charge >= 0.3 is 0 Å². The summed E-state index contributed by atoms with van der Waals surface area (Å²) in [6.45, 7) is 0. The molecule has 0 unspecified atom stereocenters. The number of nitrogens with zero attached hydrogens (tertiary/aromatic N) is 2. The van der Waals surface area contributed by atoms with Crippen molar-refractivity contribution in [2.75, 3.05) is 24.4 Å². The first-order chi connectivity index (χ1) is 17.2. The van der Waals surface area contributed by atoms with Crippen LogP contribution < -0.4 is 19.7 Å². The number of thioether (sulfide) groups is 1. The molecule has 0 saturated carbocycles. The number of pyridine rings is 1. The number of fused-ring (bicyclic) bond motifs is 1. The van der Waals surface area contributed by atoms with Crippen LogP contribution in [0.2, 0.25) is 0 Å². The average Bonchev–Trinajstić information content (AvgIpc) is 2.92. The molecule has 0 radical (unpaired) electrons. The second-order valence-corrected chi connectivity index (χ2v) is 8.99. The van der Waals surface area contributed by atoms with Gasteiger partial charge in [0.05, 0.1) is 24.8 Å². The molecule has 3 aromatic carbocycles. The molecule has 35 heavy (non-hydrogen) atoms. The van der Waals surface area contributed by atoms with Crippen LogP contribution in [0.5, 0.6) is 11.5 Å². The highest BCUT2D eigenvalue weighted by molar-refractivity contribution is 7.98. The summed E-state index contributed by atoms with van der Waals surface area (Å²) in [5.74, 6) is 2.17. The molecule has 4 aromatic rings. The van der Waals surface area contributed by atoms with Crippen molar-refractivity contribution in [1.29, 1.82) is 0 Å². The van der Waals surface area contributed by atoms with Crippen molar-refractivity contribution in [3.05, 3.63) is 108 Å². The van der Waals surface area contributed by atoms with Gasteiger partial charge in [0, 0.05) is 28.9 Å². The number of amides is 1. The Kier molecular flexibility index (Phi) is 6.59. The first-order valence-electron chi connectivity index (χ1n) is 11.2. The van der Waals surface area contributed by atoms with Crippen LogP contribution in [0, 0.1) is 0 Å². The fourth-order valence-electron chi connectivity index (χ4n) is 4.16. The summed E-state index contributed by atoms with van der Waals surface area (Å²) in [4.78, 5) is 19.9. The quantitative estimate of drug-likeness (QED) is 0.318. The van der Waals surface area contributed by atoms with Crippen LogP contribution in [0.3, 0.4) is 0 Å². The molecule has 0 fully saturated rings. The van der Waals surface area contributed by atoms with Gasteiger partial charge in [-0.1, -0.05) is 24.3 Å². The zero-order chi connectivity index (χ0) is 24.2. The molecular weight excluding hydrogens is 458 g/mol. The van der Waals surface area contributed by atoms with Gasteiger partial charge in [0.25, 0.3) is 5.91 Å². The van der Waals surface area contributed by atoms with Crippen molar-refractivity contribution >= 4 is 29.0 Å². The Labute approximate surface area is 208 Å². The monoisotopic (exact) mass is 483 g/mol. The van der Waals surface area contributed by atoms with Gasteiger partial charge in [-0.2, -0.15) is 0 Å². The van der Waals surface area contributed by atoms with Crippen LogP contribution in [0.1, 0.15) is 27.7 Å². The van der Waals surface area contributed by atoms with Crippen LogP contribution >= 0.6 is 11.8 Å². The summed E-state index contributed by atoms with van der Waals surface area (Å²) in [6.07, 6.45) is 1.40. The van der Waals surface area contributed by atoms with E-state index >= 15 is 0 Å². The summed E-state index contributed by atoms with van der Waals surface area (Å²) >= 11 is 1.64. The number of carbonyl (C=O) groups excluding carboxylic acids is 1. The maximum Gasteiger partial charge on any atom is 0.262 e. The van der Waals surface area contributed by atoms with Crippen molar-refractivity contribution in [1.82, 2.24) is 4.98 Å². The van der Waals surface area contributed by atoms with Gasteiger partial charge < -0.3 is 14.8 Å². The van der Waals surface area contributed by atoms with Crippen molar-refractivity contribution < 1.29 is 14.3 Å². The Hall–Kier alpha value is -3.97. The molecular formula is C28H25N3O3S.